The van der Waals surface area contributed by atoms with Gasteiger partial charge in [-0.15, -0.1) is 5.10 Å². The first-order valence-electron chi connectivity index (χ1n) is 12.2. The lowest BCUT2D eigenvalue weighted by molar-refractivity contribution is 0.00813. The van der Waals surface area contributed by atoms with Crippen LogP contribution < -0.4 is 5.76 Å². The molecule has 1 aliphatic rings. The maximum atomic E-state index is 15.6. The van der Waals surface area contributed by atoms with Gasteiger partial charge in [-0.2, -0.15) is 5.26 Å². The molecule has 3 aromatic carbocycles. The zero-order valence-corrected chi connectivity index (χ0v) is 21.5. The molecular weight excluding hydrogens is 510 g/mol. The molecule has 0 bridgehead atoms. The molecule has 9 heteroatoms. The number of alkyl halides is 1. The van der Waals surface area contributed by atoms with Crippen molar-refractivity contribution in [1.29, 1.82) is 5.26 Å². The lowest BCUT2D eigenvalue weighted by Gasteiger charge is -2.50. The zero-order valence-electron chi connectivity index (χ0n) is 20.8. The lowest BCUT2D eigenvalue weighted by atomic mass is 9.72. The molecule has 0 spiro atoms. The number of hydrogen-bond acceptors (Lipinski definition) is 5. The Morgan fingerprint density at radius 2 is 1.84 bits per heavy atom. The Morgan fingerprint density at radius 3 is 2.47 bits per heavy atom. The van der Waals surface area contributed by atoms with Gasteiger partial charge in [0.2, 0.25) is 5.89 Å². The molecule has 0 unspecified atom stereocenters. The van der Waals surface area contributed by atoms with Crippen LogP contribution in [0.4, 0.5) is 8.78 Å². The Morgan fingerprint density at radius 1 is 1.11 bits per heavy atom. The van der Waals surface area contributed by atoms with E-state index in [4.69, 9.17) is 16.0 Å². The van der Waals surface area contributed by atoms with Crippen LogP contribution in [0.25, 0.3) is 11.5 Å². The maximum Gasteiger partial charge on any atom is 0.434 e. The highest BCUT2D eigenvalue weighted by Gasteiger charge is 2.45. The minimum absolute atomic E-state index is 0.106. The van der Waals surface area contributed by atoms with Gasteiger partial charge in [0.05, 0.1) is 17.7 Å². The van der Waals surface area contributed by atoms with E-state index in [9.17, 15) is 14.4 Å². The number of nitrogens with zero attached hydrogens (tertiary/aromatic N) is 3. The van der Waals surface area contributed by atoms with Gasteiger partial charge in [-0.1, -0.05) is 35.9 Å². The second-order valence-electron chi connectivity index (χ2n) is 10.1. The van der Waals surface area contributed by atoms with E-state index >= 15 is 4.39 Å². The first-order valence-corrected chi connectivity index (χ1v) is 12.5. The summed E-state index contributed by atoms with van der Waals surface area (Å²) < 4.78 is 35.0. The van der Waals surface area contributed by atoms with Gasteiger partial charge >= 0.3 is 5.76 Å². The highest BCUT2D eigenvalue weighted by Crippen LogP contribution is 2.46. The quantitative estimate of drug-likeness (QED) is 0.303. The number of aromatic amines is 1. The van der Waals surface area contributed by atoms with Crippen molar-refractivity contribution in [1.82, 2.24) is 15.1 Å². The number of aromatic nitrogens is 2. The van der Waals surface area contributed by atoms with E-state index in [1.165, 1.54) is 19.9 Å². The Kier molecular flexibility index (Phi) is 6.91. The highest BCUT2D eigenvalue weighted by atomic mass is 35.5. The minimum atomic E-state index is -1.63. The van der Waals surface area contributed by atoms with Crippen molar-refractivity contribution in [2.45, 2.75) is 31.5 Å². The Labute approximate surface area is 223 Å². The van der Waals surface area contributed by atoms with E-state index < -0.39 is 23.2 Å². The molecule has 0 radical (unpaired) electrons. The Bertz CT molecular complexity index is 1550. The van der Waals surface area contributed by atoms with Crippen molar-refractivity contribution in [3.05, 3.63) is 110 Å². The molecule has 194 valence electrons. The monoisotopic (exact) mass is 534 g/mol. The molecule has 1 aliphatic heterocycles. The van der Waals surface area contributed by atoms with Crippen molar-refractivity contribution >= 4 is 11.6 Å². The number of rotatable bonds is 7. The molecule has 2 atom stereocenters. The van der Waals surface area contributed by atoms with E-state index in [0.29, 0.717) is 29.2 Å². The lowest BCUT2D eigenvalue weighted by Crippen LogP contribution is -2.53. The van der Waals surface area contributed by atoms with Crippen molar-refractivity contribution in [3.8, 4) is 17.5 Å². The Hall–Kier alpha value is -3.80. The van der Waals surface area contributed by atoms with Crippen LogP contribution in [0.15, 0.2) is 75.9 Å². The predicted molar refractivity (Wildman–Crippen MR) is 140 cm³/mol. The average Bonchev–Trinajstić information content (AvgIpc) is 3.29. The zero-order chi connectivity index (χ0) is 27.0. The number of hydrogen-bond donors (Lipinski definition) is 1. The van der Waals surface area contributed by atoms with E-state index in [1.807, 2.05) is 48.5 Å². The second-order valence-corrected chi connectivity index (χ2v) is 10.6. The summed E-state index contributed by atoms with van der Waals surface area (Å²) in [6.07, 6.45) is 0. The van der Waals surface area contributed by atoms with Crippen molar-refractivity contribution in [3.63, 3.8) is 0 Å². The summed E-state index contributed by atoms with van der Waals surface area (Å²) in [4.78, 5) is 13.7. The SMILES string of the molecule is CC(C)(F)[C@H](c1cc(F)cc(C#N)c1)C1CN([C@@H](c2ccc(Cl)cc2)c2cccc(-c3n[nH]c(=O)o3)c2)C1. The van der Waals surface area contributed by atoms with E-state index in [1.54, 1.807) is 12.1 Å². The fourth-order valence-electron chi connectivity index (χ4n) is 5.51. The number of halogens is 3. The summed E-state index contributed by atoms with van der Waals surface area (Å²) in [6.45, 7) is 4.08. The predicted octanol–water partition coefficient (Wildman–Crippen LogP) is 6.25. The molecule has 5 rings (SSSR count). The number of nitrogens with one attached hydrogen (secondary N) is 1. The van der Waals surface area contributed by atoms with Crippen LogP contribution in [0.3, 0.4) is 0 Å². The molecule has 2 heterocycles. The molecule has 0 saturated carbocycles. The van der Waals surface area contributed by atoms with E-state index in [2.05, 4.69) is 15.1 Å². The molecule has 1 saturated heterocycles. The topological polar surface area (TPSA) is 85.9 Å². The third-order valence-corrected chi connectivity index (χ3v) is 7.25. The van der Waals surface area contributed by atoms with Crippen molar-refractivity contribution < 1.29 is 13.2 Å². The molecule has 1 fully saturated rings. The molecule has 4 aromatic rings. The van der Waals surface area contributed by atoms with Crippen LogP contribution in [0.2, 0.25) is 5.02 Å². The van der Waals surface area contributed by atoms with Gasteiger partial charge in [-0.25, -0.2) is 18.7 Å². The number of H-pyrrole nitrogens is 1. The molecule has 0 amide bonds. The Balaban J connectivity index is 1.48. The van der Waals surface area contributed by atoms with Gasteiger partial charge in [0.1, 0.15) is 11.5 Å². The van der Waals surface area contributed by atoms with Crippen LogP contribution >= 0.6 is 11.6 Å². The summed E-state index contributed by atoms with van der Waals surface area (Å²) >= 11 is 6.16. The first-order chi connectivity index (χ1) is 18.1. The van der Waals surface area contributed by atoms with Crippen LogP contribution in [0, 0.1) is 23.1 Å². The van der Waals surface area contributed by atoms with Crippen LogP contribution in [-0.4, -0.2) is 33.9 Å². The summed E-state index contributed by atoms with van der Waals surface area (Å²) in [6, 6.07) is 20.9. The van der Waals surface area contributed by atoms with Gasteiger partial charge in [0.15, 0.2) is 0 Å². The van der Waals surface area contributed by atoms with Crippen LogP contribution in [-0.2, 0) is 0 Å². The summed E-state index contributed by atoms with van der Waals surface area (Å²) in [5, 5.41) is 16.1. The number of benzene rings is 3. The smallest absolute Gasteiger partial charge is 0.388 e. The standard InChI is InChI=1S/C29H25ClF2N4O2/c1-29(2,32)25(21-10-17(14-33)11-24(31)13-21)22-15-36(16-22)26(18-6-8-23(30)9-7-18)19-4-3-5-20(12-19)27-34-35-28(37)38-27/h3-13,22,25-26H,15-16H2,1-2H3,(H,35,37)/t25-,26+/m1/s1. The van der Waals surface area contributed by atoms with Crippen LogP contribution in [0.1, 0.15) is 48.1 Å². The third kappa shape index (κ3) is 5.26. The largest absolute Gasteiger partial charge is 0.434 e. The molecule has 1 aromatic heterocycles. The first kappa shape index (κ1) is 25.8. The molecule has 6 nitrogen and oxygen atoms in total. The summed E-state index contributed by atoms with van der Waals surface area (Å²) in [7, 11) is 0. The fourth-order valence-corrected chi connectivity index (χ4v) is 5.64. The molecular formula is C29H25ClF2N4O2. The third-order valence-electron chi connectivity index (χ3n) is 7.00. The molecule has 38 heavy (non-hydrogen) atoms. The van der Waals surface area contributed by atoms with Gasteiger partial charge < -0.3 is 4.42 Å². The normalized spacial score (nSPS) is 16.0. The average molecular weight is 535 g/mol. The van der Waals surface area contributed by atoms with Gasteiger partial charge in [0.25, 0.3) is 0 Å². The van der Waals surface area contributed by atoms with E-state index in [0.717, 1.165) is 17.2 Å². The number of likely N-dealkylation sites (tertiary alicyclic amines) is 1. The van der Waals surface area contributed by atoms with Gasteiger partial charge in [0, 0.05) is 29.6 Å². The second kappa shape index (κ2) is 10.2. The number of nitriles is 1. The summed E-state index contributed by atoms with van der Waals surface area (Å²) in [5.41, 5.74) is 1.58. The van der Waals surface area contributed by atoms with Gasteiger partial charge in [-0.05, 0) is 78.9 Å². The van der Waals surface area contributed by atoms with Gasteiger partial charge in [-0.3, -0.25) is 4.90 Å². The van der Waals surface area contributed by atoms with Crippen LogP contribution in [0.5, 0.6) is 0 Å². The summed E-state index contributed by atoms with van der Waals surface area (Å²) in [5.74, 6) is -1.71. The highest BCUT2D eigenvalue weighted by molar-refractivity contribution is 6.30. The van der Waals surface area contributed by atoms with Crippen molar-refractivity contribution in [2.24, 2.45) is 5.92 Å². The maximum absolute atomic E-state index is 15.6. The minimum Gasteiger partial charge on any atom is -0.388 e. The molecule has 0 aliphatic carbocycles. The fraction of sp³-hybridized carbons (Fsp3) is 0.276. The van der Waals surface area contributed by atoms with E-state index in [-0.39, 0.29) is 23.4 Å². The van der Waals surface area contributed by atoms with Crippen molar-refractivity contribution in [2.75, 3.05) is 13.1 Å². The molecule has 1 N–H and O–H groups in total.